The molecule has 1 N–H and O–H groups in total. The SMILES string of the molecule is Cc1nc(C)c(C(C)N2CCCC(C(C)(C)C(=O)O)C2)s1. The van der Waals surface area contributed by atoms with Gasteiger partial charge in [0.1, 0.15) is 0 Å². The second-order valence-corrected chi connectivity index (χ2v) is 7.95. The quantitative estimate of drug-likeness (QED) is 0.922. The number of likely N-dealkylation sites (tertiary alicyclic amines) is 1. The number of aromatic nitrogens is 1. The zero-order chi connectivity index (χ0) is 15.8. The molecule has 2 unspecified atom stereocenters. The van der Waals surface area contributed by atoms with Crippen LogP contribution in [0.2, 0.25) is 0 Å². The summed E-state index contributed by atoms with van der Waals surface area (Å²) in [5.74, 6) is -0.479. The van der Waals surface area contributed by atoms with Crippen molar-refractivity contribution in [3.63, 3.8) is 0 Å². The van der Waals surface area contributed by atoms with Gasteiger partial charge in [0.05, 0.1) is 16.1 Å². The van der Waals surface area contributed by atoms with Crippen molar-refractivity contribution in [3.8, 4) is 0 Å². The lowest BCUT2D eigenvalue weighted by Crippen LogP contribution is -2.45. The molecule has 0 aromatic carbocycles. The number of rotatable bonds is 4. The normalized spacial score (nSPS) is 22.2. The van der Waals surface area contributed by atoms with Gasteiger partial charge in [-0.2, -0.15) is 0 Å². The lowest BCUT2D eigenvalue weighted by atomic mass is 9.74. The van der Waals surface area contributed by atoms with Crippen LogP contribution in [0.1, 0.15) is 55.2 Å². The van der Waals surface area contributed by atoms with Crippen LogP contribution in [0.3, 0.4) is 0 Å². The molecule has 1 aliphatic rings. The molecule has 0 bridgehead atoms. The molecule has 0 saturated carbocycles. The highest BCUT2D eigenvalue weighted by molar-refractivity contribution is 7.11. The molecule has 0 aliphatic carbocycles. The van der Waals surface area contributed by atoms with Crippen molar-refractivity contribution in [1.29, 1.82) is 0 Å². The maximum absolute atomic E-state index is 11.5. The van der Waals surface area contributed by atoms with E-state index in [1.807, 2.05) is 20.8 Å². The minimum atomic E-state index is -0.688. The number of carbonyl (C=O) groups is 1. The minimum absolute atomic E-state index is 0.209. The van der Waals surface area contributed by atoms with E-state index in [1.165, 1.54) is 4.88 Å². The second kappa shape index (κ2) is 6.05. The average molecular weight is 310 g/mol. The van der Waals surface area contributed by atoms with E-state index in [0.29, 0.717) is 6.04 Å². The van der Waals surface area contributed by atoms with E-state index in [2.05, 4.69) is 23.7 Å². The van der Waals surface area contributed by atoms with E-state index in [1.54, 1.807) is 11.3 Å². The molecule has 1 fully saturated rings. The summed E-state index contributed by atoms with van der Waals surface area (Å²) in [5, 5.41) is 10.6. The summed E-state index contributed by atoms with van der Waals surface area (Å²) in [6.45, 7) is 11.9. The molecular formula is C16H26N2O2S. The van der Waals surface area contributed by atoms with Gasteiger partial charge in [0.15, 0.2) is 0 Å². The van der Waals surface area contributed by atoms with Crippen LogP contribution in [-0.2, 0) is 4.79 Å². The Kier molecular flexibility index (Phi) is 4.73. The van der Waals surface area contributed by atoms with Gasteiger partial charge in [-0.05, 0) is 59.9 Å². The lowest BCUT2D eigenvalue weighted by Gasteiger charge is -2.41. The predicted octanol–water partition coefficient (Wildman–Crippen LogP) is 3.64. The maximum atomic E-state index is 11.5. The van der Waals surface area contributed by atoms with Crippen LogP contribution in [-0.4, -0.2) is 34.0 Å². The molecule has 1 saturated heterocycles. The summed E-state index contributed by atoms with van der Waals surface area (Å²) in [6, 6.07) is 0.323. The molecule has 0 spiro atoms. The molecule has 21 heavy (non-hydrogen) atoms. The number of carboxylic acid groups (broad SMARTS) is 1. The van der Waals surface area contributed by atoms with E-state index in [9.17, 15) is 9.90 Å². The molecule has 1 aromatic rings. The number of nitrogens with zero attached hydrogens (tertiary/aromatic N) is 2. The number of aliphatic carboxylic acids is 1. The second-order valence-electron chi connectivity index (χ2n) is 6.72. The number of hydrogen-bond acceptors (Lipinski definition) is 4. The van der Waals surface area contributed by atoms with Gasteiger partial charge in [-0.3, -0.25) is 9.69 Å². The third-order valence-corrected chi connectivity index (χ3v) is 6.13. The van der Waals surface area contributed by atoms with Gasteiger partial charge < -0.3 is 5.11 Å². The van der Waals surface area contributed by atoms with Gasteiger partial charge in [0.2, 0.25) is 0 Å². The number of piperidine rings is 1. The Hall–Kier alpha value is -0.940. The predicted molar refractivity (Wildman–Crippen MR) is 85.7 cm³/mol. The van der Waals surface area contributed by atoms with Crippen LogP contribution in [0, 0.1) is 25.2 Å². The zero-order valence-corrected chi connectivity index (χ0v) is 14.5. The van der Waals surface area contributed by atoms with Crippen LogP contribution >= 0.6 is 11.3 Å². The molecule has 2 rings (SSSR count). The average Bonchev–Trinajstić information content (AvgIpc) is 2.76. The first-order chi connectivity index (χ1) is 9.73. The van der Waals surface area contributed by atoms with E-state index in [4.69, 9.17) is 0 Å². The number of hydrogen-bond donors (Lipinski definition) is 1. The third-order valence-electron chi connectivity index (χ3n) is 4.89. The third kappa shape index (κ3) is 3.29. The summed E-state index contributed by atoms with van der Waals surface area (Å²) < 4.78 is 0. The fourth-order valence-electron chi connectivity index (χ4n) is 3.22. The molecule has 2 heterocycles. The summed E-state index contributed by atoms with van der Waals surface area (Å²) in [4.78, 5) is 19.8. The first-order valence-electron chi connectivity index (χ1n) is 7.65. The molecule has 4 nitrogen and oxygen atoms in total. The number of thiazole rings is 1. The van der Waals surface area contributed by atoms with Crippen LogP contribution < -0.4 is 0 Å². The summed E-state index contributed by atoms with van der Waals surface area (Å²) in [6.07, 6.45) is 2.08. The molecule has 1 aromatic heterocycles. The lowest BCUT2D eigenvalue weighted by molar-refractivity contribution is -0.151. The van der Waals surface area contributed by atoms with Crippen LogP contribution in [0.5, 0.6) is 0 Å². The Morgan fingerprint density at radius 2 is 2.14 bits per heavy atom. The van der Waals surface area contributed by atoms with E-state index < -0.39 is 11.4 Å². The van der Waals surface area contributed by atoms with Gasteiger partial charge in [-0.15, -0.1) is 11.3 Å². The molecule has 1 aliphatic heterocycles. The summed E-state index contributed by atoms with van der Waals surface area (Å²) >= 11 is 1.76. The van der Waals surface area contributed by atoms with Crippen molar-refractivity contribution in [3.05, 3.63) is 15.6 Å². The van der Waals surface area contributed by atoms with Crippen LogP contribution in [0.25, 0.3) is 0 Å². The molecule has 0 radical (unpaired) electrons. The largest absolute Gasteiger partial charge is 0.481 e. The van der Waals surface area contributed by atoms with Gasteiger partial charge in [0.25, 0.3) is 0 Å². The molecule has 2 atom stereocenters. The Bertz CT molecular complexity index is 524. The van der Waals surface area contributed by atoms with Crippen molar-refractivity contribution in [2.24, 2.45) is 11.3 Å². The van der Waals surface area contributed by atoms with E-state index in [0.717, 1.165) is 36.6 Å². The Labute approximate surface area is 131 Å². The van der Waals surface area contributed by atoms with Gasteiger partial charge in [-0.1, -0.05) is 0 Å². The highest BCUT2D eigenvalue weighted by atomic mass is 32.1. The van der Waals surface area contributed by atoms with Crippen LogP contribution in [0.15, 0.2) is 0 Å². The first-order valence-corrected chi connectivity index (χ1v) is 8.46. The summed E-state index contributed by atoms with van der Waals surface area (Å²) in [5.41, 5.74) is 0.460. The number of carboxylic acids is 1. The Balaban J connectivity index is 2.14. The number of aryl methyl sites for hydroxylation is 2. The zero-order valence-electron chi connectivity index (χ0n) is 13.6. The standard InChI is InChI=1S/C16H26N2O2S/c1-10-14(21-12(3)17-10)11(2)18-8-6-7-13(9-18)16(4,5)15(19)20/h11,13H,6-9H2,1-5H3,(H,19,20). The molecule has 5 heteroatoms. The summed E-state index contributed by atoms with van der Waals surface area (Å²) in [7, 11) is 0. The smallest absolute Gasteiger partial charge is 0.309 e. The molecule has 118 valence electrons. The molecular weight excluding hydrogens is 284 g/mol. The molecule has 0 amide bonds. The van der Waals surface area contributed by atoms with Crippen molar-refractivity contribution in [2.45, 2.75) is 53.5 Å². The minimum Gasteiger partial charge on any atom is -0.481 e. The van der Waals surface area contributed by atoms with E-state index in [-0.39, 0.29) is 5.92 Å². The highest BCUT2D eigenvalue weighted by Crippen LogP contribution is 2.38. The Morgan fingerprint density at radius 3 is 2.67 bits per heavy atom. The monoisotopic (exact) mass is 310 g/mol. The van der Waals surface area contributed by atoms with Gasteiger partial charge in [0, 0.05) is 17.5 Å². The van der Waals surface area contributed by atoms with Crippen molar-refractivity contribution in [1.82, 2.24) is 9.88 Å². The van der Waals surface area contributed by atoms with Crippen molar-refractivity contribution < 1.29 is 9.90 Å². The first kappa shape index (κ1) is 16.4. The Morgan fingerprint density at radius 1 is 1.48 bits per heavy atom. The van der Waals surface area contributed by atoms with Gasteiger partial charge >= 0.3 is 5.97 Å². The van der Waals surface area contributed by atoms with Crippen molar-refractivity contribution >= 4 is 17.3 Å². The maximum Gasteiger partial charge on any atom is 0.309 e. The van der Waals surface area contributed by atoms with Crippen LogP contribution in [0.4, 0.5) is 0 Å². The fourth-order valence-corrected chi connectivity index (χ4v) is 4.24. The van der Waals surface area contributed by atoms with Gasteiger partial charge in [-0.25, -0.2) is 4.98 Å². The fraction of sp³-hybridized carbons (Fsp3) is 0.750. The van der Waals surface area contributed by atoms with Crippen molar-refractivity contribution in [2.75, 3.05) is 13.1 Å². The highest BCUT2D eigenvalue weighted by Gasteiger charge is 2.40. The van der Waals surface area contributed by atoms with E-state index >= 15 is 0 Å². The topological polar surface area (TPSA) is 53.4 Å².